The Balaban J connectivity index is 1.46. The number of rotatable bonds is 8. The van der Waals surface area contributed by atoms with Crippen molar-refractivity contribution in [2.75, 3.05) is 0 Å². The number of carbonyl (C=O) groups excluding carboxylic acids is 3. The van der Waals surface area contributed by atoms with E-state index in [1.165, 1.54) is 0 Å². The molecule has 1 heterocycles. The van der Waals surface area contributed by atoms with Gasteiger partial charge in [0.2, 0.25) is 11.8 Å². The predicted molar refractivity (Wildman–Crippen MR) is 130 cm³/mol. The number of alkyl carbamates (subject to hydrolysis) is 1. The Morgan fingerprint density at radius 2 is 1.71 bits per heavy atom. The Bertz CT molecular complexity index is 1060. The molecule has 2 aliphatic rings. The molecule has 1 aliphatic carbocycles. The molecule has 2 fully saturated rings. The number of nitrogens with zero attached hydrogens (tertiary/aromatic N) is 1. The van der Waals surface area contributed by atoms with Crippen LogP contribution in [0.5, 0.6) is 5.75 Å². The van der Waals surface area contributed by atoms with E-state index in [-0.39, 0.29) is 18.4 Å². The van der Waals surface area contributed by atoms with Crippen molar-refractivity contribution >= 4 is 17.9 Å². The molecule has 4 atom stereocenters. The van der Waals surface area contributed by atoms with Gasteiger partial charge in [0, 0.05) is 12.5 Å². The number of hydrogen-bond donors (Lipinski definition) is 2. The van der Waals surface area contributed by atoms with Crippen molar-refractivity contribution in [3.63, 3.8) is 0 Å². The summed E-state index contributed by atoms with van der Waals surface area (Å²) in [6.07, 6.45) is 1.01. The fourth-order valence-electron chi connectivity index (χ4n) is 4.56. The lowest BCUT2D eigenvalue weighted by Crippen LogP contribution is -2.55. The van der Waals surface area contributed by atoms with Crippen LogP contribution in [0.4, 0.5) is 4.79 Å². The van der Waals surface area contributed by atoms with Crippen LogP contribution in [0.2, 0.25) is 0 Å². The number of likely N-dealkylation sites (tertiary alicyclic amines) is 1. The zero-order chi connectivity index (χ0) is 25.2. The molecule has 3 unspecified atom stereocenters. The first-order chi connectivity index (χ1) is 16.6. The van der Waals surface area contributed by atoms with Crippen LogP contribution in [-0.2, 0) is 27.4 Å². The number of amides is 3. The van der Waals surface area contributed by atoms with E-state index in [9.17, 15) is 14.4 Å². The fourth-order valence-corrected chi connectivity index (χ4v) is 4.56. The molecule has 1 saturated carbocycles. The van der Waals surface area contributed by atoms with Gasteiger partial charge >= 0.3 is 6.09 Å². The summed E-state index contributed by atoms with van der Waals surface area (Å²) in [5.74, 6) is 0.185. The Hall–Kier alpha value is -3.55. The Labute approximate surface area is 205 Å². The molecule has 0 spiro atoms. The summed E-state index contributed by atoms with van der Waals surface area (Å²) in [5.41, 5.74) is 6.77. The average molecular weight is 480 g/mol. The van der Waals surface area contributed by atoms with Crippen LogP contribution in [-0.4, -0.2) is 46.5 Å². The summed E-state index contributed by atoms with van der Waals surface area (Å²) in [7, 11) is 0. The maximum atomic E-state index is 13.6. The lowest BCUT2D eigenvalue weighted by atomic mass is 10.0. The second kappa shape index (κ2) is 9.98. The van der Waals surface area contributed by atoms with E-state index in [1.807, 2.05) is 54.6 Å². The van der Waals surface area contributed by atoms with Crippen molar-refractivity contribution in [1.82, 2.24) is 10.2 Å². The van der Waals surface area contributed by atoms with Crippen molar-refractivity contribution in [2.45, 2.75) is 70.4 Å². The number of piperidine rings is 1. The summed E-state index contributed by atoms with van der Waals surface area (Å²) < 4.78 is 11.2. The minimum atomic E-state index is -0.887. The smallest absolute Gasteiger partial charge is 0.408 e. The summed E-state index contributed by atoms with van der Waals surface area (Å²) in [5, 5.41) is 2.72. The maximum absolute atomic E-state index is 13.6. The number of ether oxygens (including phenoxy) is 2. The van der Waals surface area contributed by atoms with E-state index in [2.05, 4.69) is 5.32 Å². The van der Waals surface area contributed by atoms with E-state index < -0.39 is 29.7 Å². The normalized spacial score (nSPS) is 21.6. The highest BCUT2D eigenvalue weighted by Gasteiger charge is 2.56. The molecule has 2 aromatic carbocycles. The predicted octanol–water partition coefficient (Wildman–Crippen LogP) is 3.18. The molecular weight excluding hydrogens is 446 g/mol. The first-order valence-electron chi connectivity index (χ1n) is 12.0. The average Bonchev–Trinajstić information content (AvgIpc) is 3.46. The van der Waals surface area contributed by atoms with Crippen molar-refractivity contribution in [1.29, 1.82) is 0 Å². The number of nitrogens with two attached hydrogens (primary N) is 1. The van der Waals surface area contributed by atoms with Gasteiger partial charge in [0.05, 0.1) is 0 Å². The van der Waals surface area contributed by atoms with Crippen LogP contribution in [0.1, 0.15) is 44.7 Å². The fraction of sp³-hybridized carbons (Fsp3) is 0.444. The van der Waals surface area contributed by atoms with Crippen LogP contribution < -0.4 is 15.8 Å². The highest BCUT2D eigenvalue weighted by Crippen LogP contribution is 2.48. The van der Waals surface area contributed by atoms with Gasteiger partial charge in [-0.05, 0) is 62.8 Å². The van der Waals surface area contributed by atoms with Gasteiger partial charge in [0.1, 0.15) is 30.0 Å². The molecule has 0 aromatic heterocycles. The molecule has 2 aromatic rings. The zero-order valence-corrected chi connectivity index (χ0v) is 20.4. The number of primary amides is 1. The number of carbonyl (C=O) groups is 3. The van der Waals surface area contributed by atoms with Crippen molar-refractivity contribution in [3.05, 3.63) is 65.7 Å². The Morgan fingerprint density at radius 1 is 1.03 bits per heavy atom. The SMILES string of the molecule is CC(C)(C)OC(=O)NC(Cc1ccc(OCc2ccccc2)cc1)C(=O)N1C(C(N)=O)C[C@@H]2CC21. The summed E-state index contributed by atoms with van der Waals surface area (Å²) in [6, 6.07) is 15.8. The molecule has 3 N–H and O–H groups in total. The lowest BCUT2D eigenvalue weighted by Gasteiger charge is -2.30. The first kappa shape index (κ1) is 24.6. The third-order valence-corrected chi connectivity index (χ3v) is 6.29. The van der Waals surface area contributed by atoms with E-state index in [0.717, 1.165) is 17.5 Å². The largest absolute Gasteiger partial charge is 0.489 e. The topological polar surface area (TPSA) is 111 Å². The molecule has 3 amide bonds. The molecule has 1 saturated heterocycles. The highest BCUT2D eigenvalue weighted by molar-refractivity contribution is 5.92. The molecule has 186 valence electrons. The molecule has 0 bridgehead atoms. The van der Waals surface area contributed by atoms with Crippen LogP contribution in [0.3, 0.4) is 0 Å². The molecule has 0 radical (unpaired) electrons. The van der Waals surface area contributed by atoms with Gasteiger partial charge in [0.25, 0.3) is 0 Å². The van der Waals surface area contributed by atoms with E-state index in [0.29, 0.717) is 24.7 Å². The van der Waals surface area contributed by atoms with E-state index in [1.54, 1.807) is 25.7 Å². The van der Waals surface area contributed by atoms with Gasteiger partial charge in [-0.2, -0.15) is 0 Å². The lowest BCUT2D eigenvalue weighted by molar-refractivity contribution is -0.140. The van der Waals surface area contributed by atoms with Crippen LogP contribution in [0.25, 0.3) is 0 Å². The van der Waals surface area contributed by atoms with Gasteiger partial charge in [-0.3, -0.25) is 9.59 Å². The number of nitrogens with one attached hydrogen (secondary N) is 1. The minimum absolute atomic E-state index is 0.0108. The van der Waals surface area contributed by atoms with E-state index >= 15 is 0 Å². The van der Waals surface area contributed by atoms with E-state index in [4.69, 9.17) is 15.2 Å². The van der Waals surface area contributed by atoms with Gasteiger partial charge < -0.3 is 25.4 Å². The molecule has 8 heteroatoms. The summed E-state index contributed by atoms with van der Waals surface area (Å²) in [6.45, 7) is 5.73. The monoisotopic (exact) mass is 479 g/mol. The molecular formula is C27H33N3O5. The highest BCUT2D eigenvalue weighted by atomic mass is 16.6. The third-order valence-electron chi connectivity index (χ3n) is 6.29. The number of benzene rings is 2. The molecule has 8 nitrogen and oxygen atoms in total. The molecule has 1 aliphatic heterocycles. The quantitative estimate of drug-likeness (QED) is 0.604. The van der Waals surface area contributed by atoms with Gasteiger partial charge in [0.15, 0.2) is 0 Å². The zero-order valence-electron chi connectivity index (χ0n) is 20.4. The molecule has 4 rings (SSSR count). The van der Waals surface area contributed by atoms with Gasteiger partial charge in [-0.25, -0.2) is 4.79 Å². The second-order valence-corrected chi connectivity index (χ2v) is 10.3. The van der Waals surface area contributed by atoms with Gasteiger partial charge in [-0.15, -0.1) is 0 Å². The standard InChI is InChI=1S/C27H33N3O5/c1-27(2,3)35-26(33)29-21(25(32)30-22-14-19(22)15-23(30)24(28)31)13-17-9-11-20(12-10-17)34-16-18-7-5-4-6-8-18/h4-12,19,21-23H,13-16H2,1-3H3,(H2,28,31)(H,29,33)/t19-,21?,22?,23?/m0/s1. The maximum Gasteiger partial charge on any atom is 0.408 e. The van der Waals surface area contributed by atoms with Crippen LogP contribution in [0, 0.1) is 5.92 Å². The number of hydrogen-bond acceptors (Lipinski definition) is 5. The Morgan fingerprint density at radius 3 is 2.34 bits per heavy atom. The minimum Gasteiger partial charge on any atom is -0.489 e. The van der Waals surface area contributed by atoms with Crippen molar-refractivity contribution < 1.29 is 23.9 Å². The van der Waals surface area contributed by atoms with Crippen molar-refractivity contribution in [2.24, 2.45) is 11.7 Å². The second-order valence-electron chi connectivity index (χ2n) is 10.3. The third kappa shape index (κ3) is 6.32. The number of fused-ring (bicyclic) bond motifs is 1. The summed E-state index contributed by atoms with van der Waals surface area (Å²) >= 11 is 0. The van der Waals surface area contributed by atoms with Crippen LogP contribution in [0.15, 0.2) is 54.6 Å². The van der Waals surface area contributed by atoms with Crippen molar-refractivity contribution in [3.8, 4) is 5.75 Å². The molecule has 35 heavy (non-hydrogen) atoms. The Kier molecular flexibility index (Phi) is 7.00. The summed E-state index contributed by atoms with van der Waals surface area (Å²) in [4.78, 5) is 39.6. The van der Waals surface area contributed by atoms with Crippen LogP contribution >= 0.6 is 0 Å². The first-order valence-corrected chi connectivity index (χ1v) is 12.0. The van der Waals surface area contributed by atoms with Gasteiger partial charge in [-0.1, -0.05) is 42.5 Å².